The monoisotopic (exact) mass is 620 g/mol. The number of benzene rings is 3. The molecule has 46 heavy (non-hydrogen) atoms. The number of aliphatic hydroxyl groups is 2. The lowest BCUT2D eigenvalue weighted by Crippen LogP contribution is -2.23. The molecule has 0 spiro atoms. The van der Waals surface area contributed by atoms with E-state index in [9.17, 15) is 35.1 Å². The average molecular weight is 621 g/mol. The quantitative estimate of drug-likeness (QED) is 0.128. The molecule has 0 saturated heterocycles. The van der Waals surface area contributed by atoms with Crippen molar-refractivity contribution in [1.29, 1.82) is 0 Å². The second-order valence-electron chi connectivity index (χ2n) is 10.0. The lowest BCUT2D eigenvalue weighted by atomic mass is 10.1. The predicted octanol–water partition coefficient (Wildman–Crippen LogP) is 2.60. The Morgan fingerprint density at radius 3 is 1.87 bits per heavy atom. The van der Waals surface area contributed by atoms with Gasteiger partial charge in [-0.05, 0) is 42.0 Å². The molecule has 0 saturated carbocycles. The summed E-state index contributed by atoms with van der Waals surface area (Å²) in [5, 5.41) is 67.7. The molecule has 3 aromatic carbocycles. The highest BCUT2D eigenvalue weighted by atomic mass is 16.5. The molecule has 6 N–H and O–H groups in total. The molecular formula is C31H24N8O7. The van der Waals surface area contributed by atoms with Gasteiger partial charge in [0.15, 0.2) is 6.29 Å². The number of aliphatic hydroxyl groups excluding tert-OH is 1. The molecule has 0 aliphatic carbocycles. The highest BCUT2D eigenvalue weighted by molar-refractivity contribution is 5.96. The van der Waals surface area contributed by atoms with Crippen LogP contribution in [0.2, 0.25) is 0 Å². The SMILES string of the molecule is O=C(NCc1ccccc1)c1cc(-c2cn(-c3ccc(C(=O)O)c(O)c3)nn2)nc(-c2cn(-c3ccc(C(O)O)c(O)c3)nn2)c1. The maximum Gasteiger partial charge on any atom is 0.339 e. The molecule has 0 aliphatic rings. The smallest absolute Gasteiger partial charge is 0.339 e. The third-order valence-electron chi connectivity index (χ3n) is 6.93. The summed E-state index contributed by atoms with van der Waals surface area (Å²) in [5.41, 5.74) is 2.55. The Morgan fingerprint density at radius 2 is 1.33 bits per heavy atom. The molecule has 15 nitrogen and oxygen atoms in total. The summed E-state index contributed by atoms with van der Waals surface area (Å²) in [6, 6.07) is 20.5. The molecule has 0 radical (unpaired) electrons. The summed E-state index contributed by atoms with van der Waals surface area (Å²) < 4.78 is 2.66. The Bertz CT molecular complexity index is 2070. The molecule has 0 unspecified atom stereocenters. The molecule has 1 amide bonds. The van der Waals surface area contributed by atoms with Crippen LogP contribution in [-0.2, 0) is 6.54 Å². The molecule has 15 heteroatoms. The minimum Gasteiger partial charge on any atom is -0.507 e. The lowest BCUT2D eigenvalue weighted by molar-refractivity contribution is -0.0438. The van der Waals surface area contributed by atoms with E-state index in [-0.39, 0.29) is 51.8 Å². The molecule has 6 rings (SSSR count). The molecule has 0 fully saturated rings. The Balaban J connectivity index is 1.36. The van der Waals surface area contributed by atoms with Crippen molar-refractivity contribution >= 4 is 11.9 Å². The fourth-order valence-corrected chi connectivity index (χ4v) is 4.56. The van der Waals surface area contributed by atoms with Gasteiger partial charge in [0, 0.05) is 29.8 Å². The number of nitrogens with zero attached hydrogens (tertiary/aromatic N) is 7. The average Bonchev–Trinajstić information content (AvgIpc) is 3.75. The topological polar surface area (TPSA) is 222 Å². The van der Waals surface area contributed by atoms with Gasteiger partial charge in [-0.25, -0.2) is 19.1 Å². The van der Waals surface area contributed by atoms with Crippen LogP contribution >= 0.6 is 0 Å². The number of carboxylic acid groups (broad SMARTS) is 1. The molecule has 0 atom stereocenters. The molecule has 0 aliphatic heterocycles. The molecule has 3 aromatic heterocycles. The fraction of sp³-hybridized carbons (Fsp3) is 0.0645. The molecular weight excluding hydrogens is 596 g/mol. The molecule has 6 aromatic rings. The second-order valence-corrected chi connectivity index (χ2v) is 10.0. The van der Waals surface area contributed by atoms with Crippen LogP contribution in [0.1, 0.15) is 38.1 Å². The zero-order chi connectivity index (χ0) is 32.4. The number of aromatic nitrogens is 7. The van der Waals surface area contributed by atoms with E-state index in [1.54, 1.807) is 0 Å². The van der Waals surface area contributed by atoms with Gasteiger partial charge in [-0.1, -0.05) is 40.8 Å². The van der Waals surface area contributed by atoms with Crippen LogP contribution in [-0.4, -0.2) is 72.4 Å². The minimum absolute atomic E-state index is 0.0781. The van der Waals surface area contributed by atoms with Gasteiger partial charge in [-0.15, -0.1) is 10.2 Å². The van der Waals surface area contributed by atoms with Crippen LogP contribution in [0.4, 0.5) is 0 Å². The first kappa shape index (κ1) is 29.6. The second kappa shape index (κ2) is 12.3. The highest BCUT2D eigenvalue weighted by Crippen LogP contribution is 2.28. The van der Waals surface area contributed by atoms with E-state index in [2.05, 4.69) is 30.9 Å². The number of carboxylic acids is 1. The number of carbonyl (C=O) groups excluding carboxylic acids is 1. The number of amides is 1. The summed E-state index contributed by atoms with van der Waals surface area (Å²) in [6.45, 7) is 0.275. The first-order valence-electron chi connectivity index (χ1n) is 13.6. The van der Waals surface area contributed by atoms with Crippen LogP contribution in [0, 0.1) is 0 Å². The van der Waals surface area contributed by atoms with Gasteiger partial charge in [0.2, 0.25) is 0 Å². The predicted molar refractivity (Wildman–Crippen MR) is 160 cm³/mol. The Morgan fingerprint density at radius 1 is 0.739 bits per heavy atom. The summed E-state index contributed by atoms with van der Waals surface area (Å²) >= 11 is 0. The van der Waals surface area contributed by atoms with Gasteiger partial charge < -0.3 is 30.8 Å². The van der Waals surface area contributed by atoms with Crippen LogP contribution in [0.3, 0.4) is 0 Å². The van der Waals surface area contributed by atoms with Crippen molar-refractivity contribution < 1.29 is 35.1 Å². The number of hydrogen-bond donors (Lipinski definition) is 6. The molecule has 3 heterocycles. The van der Waals surface area contributed by atoms with Crippen molar-refractivity contribution in [3.05, 3.63) is 114 Å². The van der Waals surface area contributed by atoms with Crippen molar-refractivity contribution in [3.8, 4) is 45.6 Å². The number of phenols is 2. The van der Waals surface area contributed by atoms with E-state index < -0.39 is 23.9 Å². The highest BCUT2D eigenvalue weighted by Gasteiger charge is 2.18. The van der Waals surface area contributed by atoms with Crippen molar-refractivity contribution in [2.75, 3.05) is 0 Å². The zero-order valence-corrected chi connectivity index (χ0v) is 23.6. The first-order chi connectivity index (χ1) is 22.2. The van der Waals surface area contributed by atoms with Gasteiger partial charge in [0.1, 0.15) is 28.5 Å². The number of hydrogen-bond acceptors (Lipinski definition) is 11. The maximum atomic E-state index is 13.3. The summed E-state index contributed by atoms with van der Waals surface area (Å²) in [6.07, 6.45) is 1.17. The van der Waals surface area contributed by atoms with E-state index in [0.717, 1.165) is 5.56 Å². The number of pyridine rings is 1. The number of phenolic OH excluding ortho intramolecular Hbond substituents is 1. The standard InChI is InChI=1S/C31H24N8O7/c40-27-12-19(6-8-21(27)30(43)44)38-15-25(34-36-38)23-10-18(29(42)32-14-17-4-2-1-3-5-17)11-24(33-23)26-16-39(37-35-26)20-7-9-22(31(45)46)28(41)13-20/h1-13,15-16,30,40-41,43-44H,14H2,(H,32,42)(H,45,46). The van der Waals surface area contributed by atoms with Gasteiger partial charge in [0.25, 0.3) is 5.91 Å². The van der Waals surface area contributed by atoms with Crippen LogP contribution in [0.15, 0.2) is 91.3 Å². The normalized spacial score (nSPS) is 11.1. The van der Waals surface area contributed by atoms with E-state index in [0.29, 0.717) is 11.4 Å². The Kier molecular flexibility index (Phi) is 7.90. The van der Waals surface area contributed by atoms with Gasteiger partial charge in [0.05, 0.1) is 35.2 Å². The number of carbonyl (C=O) groups is 2. The Hall–Kier alpha value is -6.45. The maximum absolute atomic E-state index is 13.3. The summed E-state index contributed by atoms with van der Waals surface area (Å²) in [5.74, 6) is -2.47. The zero-order valence-electron chi connectivity index (χ0n) is 23.6. The van der Waals surface area contributed by atoms with E-state index in [1.807, 2.05) is 30.3 Å². The first-order valence-corrected chi connectivity index (χ1v) is 13.6. The van der Waals surface area contributed by atoms with Crippen LogP contribution in [0.5, 0.6) is 11.5 Å². The van der Waals surface area contributed by atoms with E-state index >= 15 is 0 Å². The van der Waals surface area contributed by atoms with Crippen LogP contribution in [0.25, 0.3) is 34.2 Å². The van der Waals surface area contributed by atoms with E-state index in [1.165, 1.54) is 70.3 Å². The number of aromatic hydroxyl groups is 2. The lowest BCUT2D eigenvalue weighted by Gasteiger charge is -2.09. The van der Waals surface area contributed by atoms with Crippen LogP contribution < -0.4 is 5.32 Å². The summed E-state index contributed by atoms with van der Waals surface area (Å²) in [4.78, 5) is 29.2. The molecule has 0 bridgehead atoms. The third kappa shape index (κ3) is 6.12. The van der Waals surface area contributed by atoms with Gasteiger partial charge in [-0.3, -0.25) is 4.79 Å². The summed E-state index contributed by atoms with van der Waals surface area (Å²) in [7, 11) is 0. The third-order valence-corrected chi connectivity index (χ3v) is 6.93. The largest absolute Gasteiger partial charge is 0.507 e. The number of aromatic carboxylic acids is 1. The number of nitrogens with one attached hydrogen (secondary N) is 1. The number of rotatable bonds is 9. The van der Waals surface area contributed by atoms with Crippen molar-refractivity contribution in [2.24, 2.45) is 0 Å². The van der Waals surface area contributed by atoms with Crippen molar-refractivity contribution in [3.63, 3.8) is 0 Å². The van der Waals surface area contributed by atoms with Gasteiger partial charge >= 0.3 is 5.97 Å². The van der Waals surface area contributed by atoms with Crippen molar-refractivity contribution in [1.82, 2.24) is 40.3 Å². The van der Waals surface area contributed by atoms with E-state index in [4.69, 9.17) is 0 Å². The van der Waals surface area contributed by atoms with Gasteiger partial charge in [-0.2, -0.15) is 0 Å². The molecule has 230 valence electrons. The fourth-order valence-electron chi connectivity index (χ4n) is 4.56. The Labute approximate surface area is 259 Å². The van der Waals surface area contributed by atoms with Crippen molar-refractivity contribution in [2.45, 2.75) is 12.8 Å². The minimum atomic E-state index is -1.86.